The largest absolute Gasteiger partial charge is 0.308 e. The molecule has 1 aromatic carbocycles. The van der Waals surface area contributed by atoms with E-state index in [4.69, 9.17) is 11.6 Å². The van der Waals surface area contributed by atoms with Gasteiger partial charge in [0.15, 0.2) is 5.82 Å². The summed E-state index contributed by atoms with van der Waals surface area (Å²) in [4.78, 5) is 24.1. The molecule has 4 fully saturated rings. The van der Waals surface area contributed by atoms with Crippen LogP contribution in [0.2, 0.25) is 5.02 Å². The van der Waals surface area contributed by atoms with Crippen LogP contribution in [0.15, 0.2) is 47.3 Å². The molecule has 11 heteroatoms. The number of nitrogens with one attached hydrogen (secondary N) is 1. The van der Waals surface area contributed by atoms with Gasteiger partial charge in [-0.2, -0.15) is 10.2 Å². The van der Waals surface area contributed by atoms with Crippen molar-refractivity contribution < 1.29 is 9.72 Å². The Morgan fingerprint density at radius 1 is 1.19 bits per heavy atom. The predicted octanol–water partition coefficient (Wildman–Crippen LogP) is 5.78. The van der Waals surface area contributed by atoms with Crippen molar-refractivity contribution >= 4 is 44.9 Å². The van der Waals surface area contributed by atoms with Crippen LogP contribution in [0.1, 0.15) is 50.5 Å². The van der Waals surface area contributed by atoms with E-state index in [-0.39, 0.29) is 22.5 Å². The van der Waals surface area contributed by atoms with Crippen LogP contribution in [0.5, 0.6) is 0 Å². The monoisotopic (exact) mass is 572 g/mol. The quantitative estimate of drug-likeness (QED) is 0.285. The molecular formula is C25H26BrClN6O3. The van der Waals surface area contributed by atoms with Crippen LogP contribution < -0.4 is 5.32 Å². The molecule has 2 heterocycles. The van der Waals surface area contributed by atoms with Gasteiger partial charge in [0.05, 0.1) is 21.5 Å². The van der Waals surface area contributed by atoms with Crippen LogP contribution in [0.4, 0.5) is 11.5 Å². The van der Waals surface area contributed by atoms with Gasteiger partial charge in [0.1, 0.15) is 12.4 Å². The Balaban J connectivity index is 1.17. The van der Waals surface area contributed by atoms with Gasteiger partial charge >= 0.3 is 5.69 Å². The third-order valence-electron chi connectivity index (χ3n) is 8.19. The maximum absolute atomic E-state index is 13.3. The molecule has 2 atom stereocenters. The second-order valence-electron chi connectivity index (χ2n) is 11.0. The van der Waals surface area contributed by atoms with E-state index in [1.165, 1.54) is 12.6 Å². The minimum absolute atomic E-state index is 0.0246. The fourth-order valence-corrected chi connectivity index (χ4v) is 7.94. The summed E-state index contributed by atoms with van der Waals surface area (Å²) >= 11 is 9.51. The summed E-state index contributed by atoms with van der Waals surface area (Å²) in [6, 6.07) is 7.59. The van der Waals surface area contributed by atoms with E-state index in [1.54, 1.807) is 10.9 Å². The fraction of sp³-hybridized carbons (Fsp3) is 0.480. The van der Waals surface area contributed by atoms with Crippen molar-refractivity contribution in [3.63, 3.8) is 0 Å². The van der Waals surface area contributed by atoms with Crippen LogP contribution in [0, 0.1) is 27.4 Å². The summed E-state index contributed by atoms with van der Waals surface area (Å²) in [5, 5.41) is 23.9. The molecule has 188 valence electrons. The second-order valence-corrected chi connectivity index (χ2v) is 12.3. The highest BCUT2D eigenvalue weighted by Gasteiger charge is 2.59. The van der Waals surface area contributed by atoms with Gasteiger partial charge in [0, 0.05) is 17.6 Å². The minimum Gasteiger partial charge on any atom is -0.308 e. The van der Waals surface area contributed by atoms with E-state index in [0.29, 0.717) is 35.6 Å². The molecule has 36 heavy (non-hydrogen) atoms. The summed E-state index contributed by atoms with van der Waals surface area (Å²) in [6.45, 7) is 0.567. The van der Waals surface area contributed by atoms with Crippen LogP contribution in [0.3, 0.4) is 0 Å². The molecule has 0 radical (unpaired) electrons. The van der Waals surface area contributed by atoms with E-state index in [1.807, 2.05) is 35.1 Å². The van der Waals surface area contributed by atoms with Crippen LogP contribution in [-0.2, 0) is 16.9 Å². The van der Waals surface area contributed by atoms with Crippen molar-refractivity contribution in [1.29, 1.82) is 0 Å². The third-order valence-corrected chi connectivity index (χ3v) is 9.02. The number of hydrogen-bond acceptors (Lipinski definition) is 5. The van der Waals surface area contributed by atoms with Crippen molar-refractivity contribution in [2.45, 2.75) is 57.0 Å². The summed E-state index contributed by atoms with van der Waals surface area (Å²) in [5.74, 6) is 1.51. The van der Waals surface area contributed by atoms with E-state index in [0.717, 1.165) is 42.1 Å². The molecule has 4 saturated carbocycles. The molecule has 0 aliphatic heterocycles. The molecule has 4 aliphatic rings. The lowest BCUT2D eigenvalue weighted by molar-refractivity contribution is -0.385. The maximum atomic E-state index is 13.3. The molecule has 0 saturated heterocycles. The maximum Gasteiger partial charge on any atom is 0.307 e. The lowest BCUT2D eigenvalue weighted by Gasteiger charge is -2.61. The molecular weight excluding hydrogens is 548 g/mol. The lowest BCUT2D eigenvalue weighted by Crippen LogP contribution is -2.57. The molecule has 1 N–H and O–H groups in total. The number of carbonyl (C=O) groups excluding carboxylic acids is 1. The van der Waals surface area contributed by atoms with Crippen molar-refractivity contribution in [3.8, 4) is 0 Å². The number of nitrogens with zero attached hydrogens (tertiary/aromatic N) is 5. The normalized spacial score (nSPS) is 28.4. The first kappa shape index (κ1) is 23.7. The van der Waals surface area contributed by atoms with E-state index in [2.05, 4.69) is 31.4 Å². The third kappa shape index (κ3) is 4.34. The van der Waals surface area contributed by atoms with Gasteiger partial charge in [-0.3, -0.25) is 24.3 Å². The lowest BCUT2D eigenvalue weighted by atomic mass is 9.46. The first-order valence-electron chi connectivity index (χ1n) is 12.2. The minimum atomic E-state index is -0.392. The summed E-state index contributed by atoms with van der Waals surface area (Å²) in [7, 11) is 0. The van der Waals surface area contributed by atoms with E-state index < -0.39 is 4.92 Å². The molecule has 0 spiro atoms. The van der Waals surface area contributed by atoms with Crippen molar-refractivity contribution in [3.05, 3.63) is 68.0 Å². The van der Waals surface area contributed by atoms with Crippen molar-refractivity contribution in [2.24, 2.45) is 17.3 Å². The second kappa shape index (κ2) is 8.69. The fourth-order valence-electron chi connectivity index (χ4n) is 7.40. The van der Waals surface area contributed by atoms with Gasteiger partial charge in [-0.05, 0) is 89.4 Å². The van der Waals surface area contributed by atoms with Gasteiger partial charge in [0.2, 0.25) is 5.91 Å². The van der Waals surface area contributed by atoms with Gasteiger partial charge in [-0.25, -0.2) is 0 Å². The molecule has 4 aliphatic carbocycles. The first-order chi connectivity index (χ1) is 17.2. The Morgan fingerprint density at radius 2 is 1.92 bits per heavy atom. The van der Waals surface area contributed by atoms with Crippen molar-refractivity contribution in [1.82, 2.24) is 19.6 Å². The Labute approximate surface area is 221 Å². The standard InChI is InChI=1S/C25H26BrClN6O3/c26-21-14-31(12-16-1-3-19(27)4-2-16)30-23(21)29-22(34)10-24-6-17-5-18(7-24)9-25(8-17,15-24)32-13-20(11-28-32)33(35)36/h1-4,11,13-14,17-18H,5-10,12,15H2,(H,29,30,34). The molecule has 2 aromatic heterocycles. The Kier molecular flexibility index (Phi) is 5.71. The van der Waals surface area contributed by atoms with Crippen molar-refractivity contribution in [2.75, 3.05) is 5.32 Å². The number of anilines is 1. The molecule has 9 nitrogen and oxygen atoms in total. The van der Waals surface area contributed by atoms with Gasteiger partial charge < -0.3 is 5.32 Å². The zero-order valence-corrected chi connectivity index (χ0v) is 21.9. The predicted molar refractivity (Wildman–Crippen MR) is 138 cm³/mol. The zero-order chi connectivity index (χ0) is 25.1. The van der Waals surface area contributed by atoms with Crippen LogP contribution in [-0.4, -0.2) is 30.4 Å². The number of hydrogen-bond donors (Lipinski definition) is 1. The zero-order valence-electron chi connectivity index (χ0n) is 19.6. The van der Waals surface area contributed by atoms with E-state index >= 15 is 0 Å². The highest BCUT2D eigenvalue weighted by atomic mass is 79.9. The molecule has 4 bridgehead atoms. The number of amides is 1. The van der Waals surface area contributed by atoms with Gasteiger partial charge in [0.25, 0.3) is 0 Å². The number of benzene rings is 1. The number of nitro groups is 1. The SMILES string of the molecule is O=C(CC12CC3CC(C1)CC(n1cc([N+](=O)[O-])cn1)(C3)C2)Nc1nn(Cc2ccc(Cl)cc2)cc1Br. The van der Waals surface area contributed by atoms with Crippen LogP contribution >= 0.6 is 27.5 Å². The summed E-state index contributed by atoms with van der Waals surface area (Å²) in [5.41, 5.74) is 0.730. The summed E-state index contributed by atoms with van der Waals surface area (Å²) in [6.07, 6.45) is 11.2. The average Bonchev–Trinajstić information content (AvgIpc) is 3.42. The Hall–Kier alpha value is -2.72. The Morgan fingerprint density at radius 3 is 2.58 bits per heavy atom. The number of halogens is 2. The first-order valence-corrected chi connectivity index (χ1v) is 13.3. The molecule has 7 rings (SSSR count). The number of carbonyl (C=O) groups is 1. The van der Waals surface area contributed by atoms with E-state index in [9.17, 15) is 14.9 Å². The smallest absolute Gasteiger partial charge is 0.307 e. The molecule has 1 amide bonds. The Bertz CT molecular complexity index is 1320. The molecule has 3 aromatic rings. The summed E-state index contributed by atoms with van der Waals surface area (Å²) < 4.78 is 4.35. The highest BCUT2D eigenvalue weighted by Crippen LogP contribution is 2.65. The average molecular weight is 574 g/mol. The van der Waals surface area contributed by atoms with Gasteiger partial charge in [-0.1, -0.05) is 23.7 Å². The molecule has 2 unspecified atom stereocenters. The number of rotatable bonds is 7. The van der Waals surface area contributed by atoms with Crippen LogP contribution in [0.25, 0.3) is 0 Å². The topological polar surface area (TPSA) is 108 Å². The number of aromatic nitrogens is 4. The highest BCUT2D eigenvalue weighted by molar-refractivity contribution is 9.10. The van der Waals surface area contributed by atoms with Gasteiger partial charge in [-0.15, -0.1) is 0 Å².